The molecule has 1 N–H and O–H groups in total. The zero-order valence-electron chi connectivity index (χ0n) is 17.9. The van der Waals surface area contributed by atoms with Crippen molar-refractivity contribution in [1.82, 2.24) is 5.16 Å². The lowest BCUT2D eigenvalue weighted by atomic mass is 10.2. The summed E-state index contributed by atoms with van der Waals surface area (Å²) >= 11 is 0. The monoisotopic (exact) mass is 443 g/mol. The summed E-state index contributed by atoms with van der Waals surface area (Å²) in [5.41, 5.74) is 2.11. The minimum Gasteiger partial charge on any atom is -0.494 e. The van der Waals surface area contributed by atoms with Gasteiger partial charge in [0.1, 0.15) is 18.0 Å². The topological polar surface area (TPSA) is 102 Å². The van der Waals surface area contributed by atoms with Crippen LogP contribution in [0.1, 0.15) is 23.9 Å². The van der Waals surface area contributed by atoms with E-state index in [-0.39, 0.29) is 16.3 Å². The Hall–Kier alpha value is -3.33. The molecule has 0 atom stereocenters. The molecule has 164 valence electrons. The normalized spacial score (nSPS) is 11.2. The van der Waals surface area contributed by atoms with Crippen LogP contribution in [0.2, 0.25) is 0 Å². The lowest BCUT2D eigenvalue weighted by Gasteiger charge is -2.24. The van der Waals surface area contributed by atoms with Gasteiger partial charge in [-0.15, -0.1) is 0 Å². The fourth-order valence-corrected chi connectivity index (χ4v) is 4.83. The zero-order chi connectivity index (χ0) is 22.6. The third-order valence-corrected chi connectivity index (χ3v) is 6.59. The molecule has 2 aromatic carbocycles. The Morgan fingerprint density at radius 2 is 1.71 bits per heavy atom. The molecule has 0 saturated heterocycles. The van der Waals surface area contributed by atoms with E-state index in [2.05, 4.69) is 10.5 Å². The summed E-state index contributed by atoms with van der Waals surface area (Å²) in [6, 6.07) is 13.8. The fourth-order valence-electron chi connectivity index (χ4n) is 3.11. The lowest BCUT2D eigenvalue weighted by molar-refractivity contribution is -0.114. The highest BCUT2D eigenvalue weighted by molar-refractivity contribution is 7.93. The van der Waals surface area contributed by atoms with Gasteiger partial charge in [0.25, 0.3) is 10.0 Å². The van der Waals surface area contributed by atoms with Crippen molar-refractivity contribution < 1.29 is 22.5 Å². The minimum absolute atomic E-state index is 0.0399. The van der Waals surface area contributed by atoms with Gasteiger partial charge in [0, 0.05) is 5.69 Å². The molecule has 1 amide bonds. The maximum absolute atomic E-state index is 13.5. The number of nitrogens with one attached hydrogen (secondary N) is 1. The van der Waals surface area contributed by atoms with Crippen molar-refractivity contribution >= 4 is 27.3 Å². The largest absolute Gasteiger partial charge is 0.494 e. The average Bonchev–Trinajstić information content (AvgIpc) is 3.07. The van der Waals surface area contributed by atoms with E-state index in [1.165, 1.54) is 6.92 Å². The molecule has 0 radical (unpaired) electrons. The van der Waals surface area contributed by atoms with Crippen molar-refractivity contribution in [3.05, 3.63) is 65.5 Å². The summed E-state index contributed by atoms with van der Waals surface area (Å²) in [6.07, 6.45) is 0. The molecule has 3 aromatic rings. The van der Waals surface area contributed by atoms with E-state index in [1.807, 2.05) is 13.8 Å². The molecule has 0 unspecified atom stereocenters. The predicted molar refractivity (Wildman–Crippen MR) is 118 cm³/mol. The van der Waals surface area contributed by atoms with Crippen LogP contribution in [0.15, 0.2) is 57.9 Å². The smallest absolute Gasteiger partial charge is 0.270 e. The number of carbonyl (C=O) groups excluding carboxylic acids is 1. The van der Waals surface area contributed by atoms with Crippen molar-refractivity contribution in [2.24, 2.45) is 0 Å². The Labute approximate surface area is 181 Å². The van der Waals surface area contributed by atoms with Crippen LogP contribution in [0.5, 0.6) is 5.75 Å². The van der Waals surface area contributed by atoms with E-state index >= 15 is 0 Å². The highest BCUT2D eigenvalue weighted by atomic mass is 32.2. The van der Waals surface area contributed by atoms with Crippen molar-refractivity contribution in [2.75, 3.05) is 22.8 Å². The van der Waals surface area contributed by atoms with Gasteiger partial charge in [0.15, 0.2) is 10.7 Å². The zero-order valence-corrected chi connectivity index (χ0v) is 18.7. The molecule has 31 heavy (non-hydrogen) atoms. The highest BCUT2D eigenvalue weighted by Crippen LogP contribution is 2.28. The number of anilines is 2. The Bertz CT molecular complexity index is 1130. The summed E-state index contributed by atoms with van der Waals surface area (Å²) < 4.78 is 38.4. The van der Waals surface area contributed by atoms with Crippen molar-refractivity contribution in [3.63, 3.8) is 0 Å². The summed E-state index contributed by atoms with van der Waals surface area (Å²) in [7, 11) is -4.09. The molecule has 0 aliphatic heterocycles. The van der Waals surface area contributed by atoms with Crippen LogP contribution in [0.3, 0.4) is 0 Å². The van der Waals surface area contributed by atoms with E-state index in [9.17, 15) is 13.2 Å². The number of benzene rings is 2. The molecule has 0 aliphatic rings. The molecule has 0 aliphatic carbocycles. The van der Waals surface area contributed by atoms with Crippen LogP contribution >= 0.6 is 0 Å². The Morgan fingerprint density at radius 3 is 2.26 bits per heavy atom. The molecule has 1 heterocycles. The van der Waals surface area contributed by atoms with Crippen LogP contribution in [-0.4, -0.2) is 32.6 Å². The Morgan fingerprint density at radius 1 is 1.06 bits per heavy atom. The first-order valence-electron chi connectivity index (χ1n) is 9.77. The molecule has 0 fully saturated rings. The van der Waals surface area contributed by atoms with E-state index in [0.29, 0.717) is 23.7 Å². The second-order valence-corrected chi connectivity index (χ2v) is 8.81. The second kappa shape index (κ2) is 9.22. The van der Waals surface area contributed by atoms with Gasteiger partial charge in [0.05, 0.1) is 12.3 Å². The first kappa shape index (κ1) is 22.4. The maximum Gasteiger partial charge on any atom is 0.270 e. The van der Waals surface area contributed by atoms with Crippen LogP contribution in [0, 0.1) is 20.8 Å². The van der Waals surface area contributed by atoms with Gasteiger partial charge in [-0.1, -0.05) is 22.9 Å². The Balaban J connectivity index is 1.90. The third-order valence-electron chi connectivity index (χ3n) is 4.57. The molecule has 1 aromatic heterocycles. The van der Waals surface area contributed by atoms with Gasteiger partial charge in [-0.2, -0.15) is 0 Å². The van der Waals surface area contributed by atoms with Crippen molar-refractivity contribution in [1.29, 1.82) is 0 Å². The number of ether oxygens (including phenoxy) is 1. The molecule has 3 rings (SSSR count). The summed E-state index contributed by atoms with van der Waals surface area (Å²) in [4.78, 5) is 12.7. The van der Waals surface area contributed by atoms with Crippen LogP contribution in [-0.2, 0) is 14.8 Å². The third kappa shape index (κ3) is 5.05. The van der Waals surface area contributed by atoms with Gasteiger partial charge in [0.2, 0.25) is 5.91 Å². The Kier molecular flexibility index (Phi) is 6.65. The minimum atomic E-state index is -4.09. The van der Waals surface area contributed by atoms with Crippen LogP contribution in [0.25, 0.3) is 0 Å². The fraction of sp³-hybridized carbons (Fsp3) is 0.273. The molecule has 9 heteroatoms. The van der Waals surface area contributed by atoms with Crippen molar-refractivity contribution in [2.45, 2.75) is 32.6 Å². The van der Waals surface area contributed by atoms with Gasteiger partial charge in [-0.05, 0) is 64.1 Å². The number of rotatable bonds is 8. The number of nitrogens with zero attached hydrogens (tertiary/aromatic N) is 2. The van der Waals surface area contributed by atoms with E-state index < -0.39 is 22.5 Å². The van der Waals surface area contributed by atoms with Crippen LogP contribution in [0.4, 0.5) is 11.4 Å². The molecule has 0 spiro atoms. The second-order valence-electron chi connectivity index (χ2n) is 7.01. The van der Waals surface area contributed by atoms with Gasteiger partial charge in [-0.3, -0.25) is 9.10 Å². The van der Waals surface area contributed by atoms with Gasteiger partial charge >= 0.3 is 0 Å². The number of aryl methyl sites for hydroxylation is 3. The quantitative estimate of drug-likeness (QED) is 0.568. The van der Waals surface area contributed by atoms with Gasteiger partial charge < -0.3 is 14.6 Å². The molecular formula is C22H25N3O5S. The number of hydrogen-bond acceptors (Lipinski definition) is 6. The number of sulfonamides is 1. The summed E-state index contributed by atoms with van der Waals surface area (Å²) in [6.45, 7) is 6.99. The lowest BCUT2D eigenvalue weighted by Crippen LogP contribution is -2.38. The maximum atomic E-state index is 13.5. The van der Waals surface area contributed by atoms with E-state index in [0.717, 1.165) is 9.87 Å². The summed E-state index contributed by atoms with van der Waals surface area (Å²) in [5, 5.41) is 6.48. The molecule has 0 bridgehead atoms. The average molecular weight is 444 g/mol. The summed E-state index contributed by atoms with van der Waals surface area (Å²) in [5.74, 6) is 0.365. The van der Waals surface area contributed by atoms with E-state index in [4.69, 9.17) is 9.26 Å². The number of hydrogen-bond donors (Lipinski definition) is 1. The molecule has 8 nitrogen and oxygen atoms in total. The number of amides is 1. The predicted octanol–water partition coefficient (Wildman–Crippen LogP) is 3.83. The van der Waals surface area contributed by atoms with Crippen molar-refractivity contribution in [3.8, 4) is 5.75 Å². The van der Waals surface area contributed by atoms with Crippen LogP contribution < -0.4 is 14.4 Å². The first-order valence-corrected chi connectivity index (χ1v) is 11.2. The highest BCUT2D eigenvalue weighted by Gasteiger charge is 2.32. The van der Waals surface area contributed by atoms with E-state index in [1.54, 1.807) is 55.5 Å². The molecular weight excluding hydrogens is 418 g/mol. The standard InChI is InChI=1S/C22H25N3O5S/c1-5-29-20-12-8-18(9-13-20)23-21(26)14-25(19-10-6-15(2)7-11-19)31(27,28)22-16(3)24-30-17(22)4/h6-13H,5,14H2,1-4H3,(H,23,26). The SMILES string of the molecule is CCOc1ccc(NC(=O)CN(c2ccc(C)cc2)S(=O)(=O)c2c(C)noc2C)cc1. The molecule has 0 saturated carbocycles. The first-order chi connectivity index (χ1) is 14.7. The number of carbonyl (C=O) groups is 1. The number of aromatic nitrogens is 1. The van der Waals surface area contributed by atoms with Gasteiger partial charge in [-0.25, -0.2) is 8.42 Å².